The monoisotopic (exact) mass is 397 g/mol. The molecule has 154 valence electrons. The van der Waals surface area contributed by atoms with Crippen LogP contribution in [0.3, 0.4) is 0 Å². The van der Waals surface area contributed by atoms with E-state index in [-0.39, 0.29) is 18.7 Å². The molecule has 3 aromatic rings. The highest BCUT2D eigenvalue weighted by molar-refractivity contribution is 5.77. The molecule has 0 saturated heterocycles. The number of nitrogens with zero attached hydrogens (tertiary/aromatic N) is 5. The maximum atomic E-state index is 13.2. The van der Waals surface area contributed by atoms with Gasteiger partial charge in [0.05, 0.1) is 0 Å². The van der Waals surface area contributed by atoms with Gasteiger partial charge in [-0.1, -0.05) is 26.0 Å². The van der Waals surface area contributed by atoms with Crippen LogP contribution in [0.25, 0.3) is 11.2 Å². The largest absolute Gasteiger partial charge is 0.396 e. The van der Waals surface area contributed by atoms with E-state index in [9.17, 15) is 9.59 Å². The van der Waals surface area contributed by atoms with Crippen LogP contribution in [0.4, 0.5) is 11.6 Å². The van der Waals surface area contributed by atoms with Crippen molar-refractivity contribution in [1.29, 1.82) is 0 Å². The van der Waals surface area contributed by atoms with E-state index in [1.807, 2.05) is 4.57 Å². The highest BCUT2D eigenvalue weighted by atomic mass is 16.3. The van der Waals surface area contributed by atoms with Gasteiger partial charge in [0.2, 0.25) is 5.95 Å². The number of fused-ring (bicyclic) bond motifs is 3. The summed E-state index contributed by atoms with van der Waals surface area (Å²) in [7, 11) is 1.64. The van der Waals surface area contributed by atoms with Crippen molar-refractivity contribution < 1.29 is 5.11 Å². The fourth-order valence-electron chi connectivity index (χ4n) is 4.06. The predicted octanol–water partition coefficient (Wildman–Crippen LogP) is 1.63. The molecule has 0 amide bonds. The van der Waals surface area contributed by atoms with Gasteiger partial charge >= 0.3 is 5.69 Å². The van der Waals surface area contributed by atoms with E-state index in [4.69, 9.17) is 10.1 Å². The molecule has 0 spiro atoms. The maximum Gasteiger partial charge on any atom is 0.332 e. The van der Waals surface area contributed by atoms with Gasteiger partial charge in [-0.3, -0.25) is 13.9 Å². The Kier molecular flexibility index (Phi) is 5.04. The Morgan fingerprint density at radius 1 is 1.17 bits per heavy atom. The summed E-state index contributed by atoms with van der Waals surface area (Å²) in [4.78, 5) is 32.7. The number of rotatable bonds is 5. The first-order valence-electron chi connectivity index (χ1n) is 10.1. The lowest BCUT2D eigenvalue weighted by molar-refractivity contribution is 0.277. The Balaban J connectivity index is 1.93. The van der Waals surface area contributed by atoms with Crippen molar-refractivity contribution in [3.63, 3.8) is 0 Å². The summed E-state index contributed by atoms with van der Waals surface area (Å²) in [6.45, 7) is 5.85. The Morgan fingerprint density at radius 3 is 2.55 bits per heavy atom. The molecule has 1 aliphatic heterocycles. The molecule has 0 radical (unpaired) electrons. The SMILES string of the molecule is CCc1ccc(N2CC(C)Cn3c2nc2c3c(=O)n(CCCO)c(=O)n2C)cc1. The molecule has 1 aliphatic rings. The van der Waals surface area contributed by atoms with Crippen molar-refractivity contribution in [3.05, 3.63) is 50.7 Å². The first-order chi connectivity index (χ1) is 14.0. The molecule has 0 aliphatic carbocycles. The lowest BCUT2D eigenvalue weighted by Gasteiger charge is -2.33. The zero-order valence-corrected chi connectivity index (χ0v) is 17.1. The molecule has 0 fully saturated rings. The fraction of sp³-hybridized carbons (Fsp3) is 0.476. The highest BCUT2D eigenvalue weighted by Crippen LogP contribution is 2.32. The molecule has 1 atom stereocenters. The number of imidazole rings is 1. The number of anilines is 2. The highest BCUT2D eigenvalue weighted by Gasteiger charge is 2.29. The Bertz CT molecular complexity index is 1160. The van der Waals surface area contributed by atoms with E-state index in [1.54, 1.807) is 7.05 Å². The average Bonchev–Trinajstić information content (AvgIpc) is 3.11. The number of hydrogen-bond acceptors (Lipinski definition) is 5. The van der Waals surface area contributed by atoms with Crippen molar-refractivity contribution in [3.8, 4) is 0 Å². The quantitative estimate of drug-likeness (QED) is 0.707. The third-order valence-corrected chi connectivity index (χ3v) is 5.64. The molecule has 1 unspecified atom stereocenters. The second-order valence-electron chi connectivity index (χ2n) is 7.81. The Labute approximate surface area is 168 Å². The third kappa shape index (κ3) is 3.17. The maximum absolute atomic E-state index is 13.2. The number of aromatic nitrogens is 4. The smallest absolute Gasteiger partial charge is 0.332 e. The standard InChI is InChI=1S/C21H27N5O3/c1-4-15-6-8-16(9-7-15)25-12-14(2)13-26-17-18(22-20(25)26)23(3)21(29)24(19(17)28)10-5-11-27/h6-9,14,27H,4-5,10-13H2,1-3H3. The summed E-state index contributed by atoms with van der Waals surface area (Å²) in [6, 6.07) is 8.39. The lowest BCUT2D eigenvalue weighted by atomic mass is 10.1. The normalized spacial score (nSPS) is 16.4. The van der Waals surface area contributed by atoms with Crippen molar-refractivity contribution in [2.24, 2.45) is 13.0 Å². The average molecular weight is 397 g/mol. The number of aliphatic hydroxyl groups is 1. The van der Waals surface area contributed by atoms with Crippen LogP contribution in [-0.2, 0) is 26.6 Å². The molecular weight excluding hydrogens is 370 g/mol. The molecule has 8 heteroatoms. The van der Waals surface area contributed by atoms with Gasteiger partial charge in [-0.15, -0.1) is 0 Å². The molecule has 0 bridgehead atoms. The van der Waals surface area contributed by atoms with Crippen LogP contribution in [0.5, 0.6) is 0 Å². The van der Waals surface area contributed by atoms with Gasteiger partial charge in [-0.2, -0.15) is 4.98 Å². The van der Waals surface area contributed by atoms with Crippen LogP contribution in [-0.4, -0.2) is 36.9 Å². The van der Waals surface area contributed by atoms with Crippen molar-refractivity contribution in [2.45, 2.75) is 39.8 Å². The van der Waals surface area contributed by atoms with E-state index in [2.05, 4.69) is 43.0 Å². The summed E-state index contributed by atoms with van der Waals surface area (Å²) >= 11 is 0. The van der Waals surface area contributed by atoms with E-state index >= 15 is 0 Å². The summed E-state index contributed by atoms with van der Waals surface area (Å²) in [5, 5.41) is 9.13. The third-order valence-electron chi connectivity index (χ3n) is 5.64. The minimum absolute atomic E-state index is 0.0727. The molecule has 4 rings (SSSR count). The zero-order valence-electron chi connectivity index (χ0n) is 17.1. The topological polar surface area (TPSA) is 85.3 Å². The zero-order chi connectivity index (χ0) is 20.7. The van der Waals surface area contributed by atoms with Crippen molar-refractivity contribution >= 4 is 22.8 Å². The molecule has 1 N–H and O–H groups in total. The van der Waals surface area contributed by atoms with Gasteiger partial charge < -0.3 is 14.6 Å². The molecule has 3 heterocycles. The molecule has 8 nitrogen and oxygen atoms in total. The van der Waals surface area contributed by atoms with Crippen LogP contribution in [0.1, 0.15) is 25.8 Å². The van der Waals surface area contributed by atoms with Crippen LogP contribution >= 0.6 is 0 Å². The van der Waals surface area contributed by atoms with E-state index in [1.165, 1.54) is 14.7 Å². The van der Waals surface area contributed by atoms with Gasteiger partial charge in [0.25, 0.3) is 5.56 Å². The molecular formula is C21H27N5O3. The second kappa shape index (κ2) is 7.51. The van der Waals surface area contributed by atoms with Gasteiger partial charge in [-0.25, -0.2) is 4.79 Å². The van der Waals surface area contributed by atoms with Gasteiger partial charge in [-0.05, 0) is 36.5 Å². The Hall–Kier alpha value is -2.87. The number of aryl methyl sites for hydroxylation is 2. The summed E-state index contributed by atoms with van der Waals surface area (Å²) in [5.74, 6) is 1.00. The summed E-state index contributed by atoms with van der Waals surface area (Å²) in [6.07, 6.45) is 1.33. The minimum atomic E-state index is -0.404. The number of benzene rings is 1. The van der Waals surface area contributed by atoms with Gasteiger partial charge in [0.15, 0.2) is 11.2 Å². The van der Waals surface area contributed by atoms with Crippen molar-refractivity contribution in [2.75, 3.05) is 18.1 Å². The van der Waals surface area contributed by atoms with Crippen LogP contribution in [0.15, 0.2) is 33.9 Å². The fourth-order valence-corrected chi connectivity index (χ4v) is 4.06. The Morgan fingerprint density at radius 2 is 1.90 bits per heavy atom. The van der Waals surface area contributed by atoms with Crippen LogP contribution in [0, 0.1) is 5.92 Å². The first-order valence-corrected chi connectivity index (χ1v) is 10.1. The van der Waals surface area contributed by atoms with E-state index in [0.717, 1.165) is 18.7 Å². The first kappa shape index (κ1) is 19.4. The molecule has 29 heavy (non-hydrogen) atoms. The second-order valence-corrected chi connectivity index (χ2v) is 7.81. The molecule has 0 saturated carbocycles. The van der Waals surface area contributed by atoms with E-state index < -0.39 is 5.69 Å². The minimum Gasteiger partial charge on any atom is -0.396 e. The van der Waals surface area contributed by atoms with Gasteiger partial charge in [0.1, 0.15) is 0 Å². The summed E-state index contributed by atoms with van der Waals surface area (Å²) in [5.41, 5.74) is 2.39. The van der Waals surface area contributed by atoms with Crippen LogP contribution < -0.4 is 16.1 Å². The molecule has 2 aromatic heterocycles. The predicted molar refractivity (Wildman–Crippen MR) is 113 cm³/mol. The lowest BCUT2D eigenvalue weighted by Crippen LogP contribution is -2.40. The summed E-state index contributed by atoms with van der Waals surface area (Å²) < 4.78 is 4.57. The van der Waals surface area contributed by atoms with Gasteiger partial charge in [0, 0.05) is 39.0 Å². The van der Waals surface area contributed by atoms with E-state index in [0.29, 0.717) is 36.0 Å². The molecule has 1 aromatic carbocycles. The van der Waals surface area contributed by atoms with Crippen LogP contribution in [0.2, 0.25) is 0 Å². The number of hydrogen-bond donors (Lipinski definition) is 1. The van der Waals surface area contributed by atoms with Crippen molar-refractivity contribution in [1.82, 2.24) is 18.7 Å². The number of aliphatic hydroxyl groups excluding tert-OH is 1.